The van der Waals surface area contributed by atoms with Crippen LogP contribution in [0, 0.1) is 5.82 Å². The van der Waals surface area contributed by atoms with Crippen molar-refractivity contribution >= 4 is 17.8 Å². The minimum atomic E-state index is -1.43. The van der Waals surface area contributed by atoms with Crippen molar-refractivity contribution in [2.45, 2.75) is 26.0 Å². The summed E-state index contributed by atoms with van der Waals surface area (Å²) in [5, 5.41) is 0. The third-order valence-electron chi connectivity index (χ3n) is 5.02. The molecule has 1 atom stereocenters. The third kappa shape index (κ3) is 4.92. The molecule has 4 rings (SSSR count). The molecule has 0 N–H and O–H groups in total. The van der Waals surface area contributed by atoms with Crippen LogP contribution < -0.4 is 20.7 Å². The fraction of sp³-hybridized carbons (Fsp3) is 0.217. The molecule has 0 saturated carbocycles. The maximum absolute atomic E-state index is 14.3. The van der Waals surface area contributed by atoms with E-state index in [1.165, 1.54) is 36.5 Å². The van der Waals surface area contributed by atoms with Crippen LogP contribution in [0.25, 0.3) is 0 Å². The van der Waals surface area contributed by atoms with Gasteiger partial charge < -0.3 is 14.2 Å². The molecule has 1 aliphatic heterocycles. The van der Waals surface area contributed by atoms with Crippen molar-refractivity contribution < 1.29 is 33.0 Å². The van der Waals surface area contributed by atoms with Crippen LogP contribution in [-0.2, 0) is 9.53 Å². The Morgan fingerprint density at radius 3 is 2.60 bits per heavy atom. The Morgan fingerprint density at radius 2 is 1.89 bits per heavy atom. The van der Waals surface area contributed by atoms with E-state index < -0.39 is 41.1 Å². The summed E-state index contributed by atoms with van der Waals surface area (Å²) in [6.07, 6.45) is 2.26. The number of nitrogens with zero attached hydrogens (tertiary/aromatic N) is 3. The second kappa shape index (κ2) is 9.81. The molecule has 0 aliphatic carbocycles. The molecule has 1 unspecified atom stereocenters. The highest BCUT2D eigenvalue weighted by molar-refractivity contribution is 5.99. The van der Waals surface area contributed by atoms with Gasteiger partial charge in [-0.2, -0.15) is 8.96 Å². The van der Waals surface area contributed by atoms with Gasteiger partial charge in [0.2, 0.25) is 5.82 Å². The Kier molecular flexibility index (Phi) is 6.64. The minimum Gasteiger partial charge on any atom is -0.421 e. The zero-order chi connectivity index (χ0) is 25.1. The summed E-state index contributed by atoms with van der Waals surface area (Å²) in [6, 6.07) is 7.79. The van der Waals surface area contributed by atoms with Crippen molar-refractivity contribution in [3.8, 4) is 11.6 Å². The molecule has 0 bridgehead atoms. The van der Waals surface area contributed by atoms with E-state index in [2.05, 4.69) is 4.98 Å². The molecule has 1 aromatic carbocycles. The first-order chi connectivity index (χ1) is 16.8. The van der Waals surface area contributed by atoms with Crippen LogP contribution in [0.1, 0.15) is 46.7 Å². The normalized spacial score (nSPS) is 15.0. The lowest BCUT2D eigenvalue weighted by molar-refractivity contribution is -0.132. The Hall–Kier alpha value is -4.45. The predicted molar refractivity (Wildman–Crippen MR) is 116 cm³/mol. The number of carbonyl (C=O) groups excluding carboxylic acids is 3. The van der Waals surface area contributed by atoms with Gasteiger partial charge in [-0.15, -0.1) is 0 Å². The predicted octanol–water partition coefficient (Wildman–Crippen LogP) is 1.69. The van der Waals surface area contributed by atoms with Crippen LogP contribution in [0.3, 0.4) is 0 Å². The summed E-state index contributed by atoms with van der Waals surface area (Å²) < 4.78 is 30.8. The van der Waals surface area contributed by atoms with Gasteiger partial charge in [-0.25, -0.2) is 14.6 Å². The first-order valence-electron chi connectivity index (χ1n) is 10.4. The standard InChI is InChI=1S/C23H18FN3O8/c1-13(28)34-17-7-3-9-25-19(17)35-22(31)15-6-2-5-14(11-15)20(29)27-21(30)16(24)12-26(23(27)32)18-8-4-10-33-18/h2-3,5-7,9,11-12,18H,4,8,10H2,1H3. The van der Waals surface area contributed by atoms with E-state index >= 15 is 0 Å². The topological polar surface area (TPSA) is 136 Å². The summed E-state index contributed by atoms with van der Waals surface area (Å²) in [5.74, 6) is -4.45. The van der Waals surface area contributed by atoms with E-state index in [0.717, 1.165) is 17.6 Å². The van der Waals surface area contributed by atoms with Crippen LogP contribution in [0.5, 0.6) is 11.6 Å². The van der Waals surface area contributed by atoms with Crippen LogP contribution in [0.2, 0.25) is 0 Å². The molecule has 3 aromatic rings. The Bertz CT molecular complexity index is 1440. The minimum absolute atomic E-state index is 0.0958. The Labute approximate surface area is 196 Å². The molecule has 3 heterocycles. The van der Waals surface area contributed by atoms with E-state index in [9.17, 15) is 28.4 Å². The SMILES string of the molecule is CC(=O)Oc1cccnc1OC(=O)c1cccc(C(=O)n2c(=O)c(F)cn(C3CCCO3)c2=O)c1. The molecule has 0 radical (unpaired) electrons. The fourth-order valence-electron chi connectivity index (χ4n) is 3.45. The lowest BCUT2D eigenvalue weighted by atomic mass is 10.1. The van der Waals surface area contributed by atoms with E-state index in [1.807, 2.05) is 0 Å². The quantitative estimate of drug-likeness (QED) is 0.497. The number of aromatic nitrogens is 3. The highest BCUT2D eigenvalue weighted by Gasteiger charge is 2.25. The lowest BCUT2D eigenvalue weighted by Gasteiger charge is -2.15. The van der Waals surface area contributed by atoms with Gasteiger partial charge in [0.05, 0.1) is 11.8 Å². The molecule has 12 heteroatoms. The summed E-state index contributed by atoms with van der Waals surface area (Å²) in [6.45, 7) is 1.51. The largest absolute Gasteiger partial charge is 0.421 e. The van der Waals surface area contributed by atoms with Gasteiger partial charge in [-0.3, -0.25) is 19.0 Å². The zero-order valence-corrected chi connectivity index (χ0v) is 18.3. The first-order valence-corrected chi connectivity index (χ1v) is 10.4. The summed E-state index contributed by atoms with van der Waals surface area (Å²) >= 11 is 0. The van der Waals surface area contributed by atoms with Crippen LogP contribution in [-0.4, -0.2) is 38.6 Å². The fourth-order valence-corrected chi connectivity index (χ4v) is 3.45. The number of hydrogen-bond donors (Lipinski definition) is 0. The number of carbonyl (C=O) groups is 3. The van der Waals surface area contributed by atoms with Gasteiger partial charge in [0.25, 0.3) is 17.3 Å². The van der Waals surface area contributed by atoms with Crippen molar-refractivity contribution in [2.75, 3.05) is 6.61 Å². The lowest BCUT2D eigenvalue weighted by Crippen LogP contribution is -2.46. The van der Waals surface area contributed by atoms with E-state index in [0.29, 0.717) is 25.6 Å². The highest BCUT2D eigenvalue weighted by atomic mass is 19.1. The smallest absolute Gasteiger partial charge is 0.345 e. The van der Waals surface area contributed by atoms with Gasteiger partial charge >= 0.3 is 17.6 Å². The second-order valence-electron chi connectivity index (χ2n) is 7.45. The second-order valence-corrected chi connectivity index (χ2v) is 7.45. The van der Waals surface area contributed by atoms with E-state index in [-0.39, 0.29) is 27.3 Å². The number of pyridine rings is 1. The summed E-state index contributed by atoms with van der Waals surface area (Å²) in [7, 11) is 0. The van der Waals surface area contributed by atoms with Crippen molar-refractivity contribution in [1.82, 2.24) is 14.1 Å². The van der Waals surface area contributed by atoms with Crippen molar-refractivity contribution in [1.29, 1.82) is 0 Å². The van der Waals surface area contributed by atoms with Gasteiger partial charge in [0, 0.05) is 25.3 Å². The van der Waals surface area contributed by atoms with Crippen LogP contribution in [0.4, 0.5) is 4.39 Å². The number of rotatable bonds is 5. The number of esters is 2. The summed E-state index contributed by atoms with van der Waals surface area (Å²) in [5.41, 5.74) is -2.88. The molecule has 0 spiro atoms. The van der Waals surface area contributed by atoms with E-state index in [1.54, 1.807) is 0 Å². The molecule has 1 fully saturated rings. The highest BCUT2D eigenvalue weighted by Crippen LogP contribution is 2.25. The van der Waals surface area contributed by atoms with Gasteiger partial charge in [-0.1, -0.05) is 6.07 Å². The summed E-state index contributed by atoms with van der Waals surface area (Å²) in [4.78, 5) is 66.0. The monoisotopic (exact) mass is 483 g/mol. The van der Waals surface area contributed by atoms with E-state index in [4.69, 9.17) is 14.2 Å². The maximum Gasteiger partial charge on any atom is 0.345 e. The molecule has 35 heavy (non-hydrogen) atoms. The number of hydrogen-bond acceptors (Lipinski definition) is 9. The molecular weight excluding hydrogens is 465 g/mol. The molecular formula is C23H18FN3O8. The van der Waals surface area contributed by atoms with Gasteiger partial charge in [0.15, 0.2) is 5.75 Å². The van der Waals surface area contributed by atoms with Crippen molar-refractivity contribution in [3.05, 3.63) is 86.6 Å². The zero-order valence-electron chi connectivity index (χ0n) is 18.3. The molecule has 11 nitrogen and oxygen atoms in total. The van der Waals surface area contributed by atoms with Gasteiger partial charge in [0.1, 0.15) is 6.23 Å². The van der Waals surface area contributed by atoms with Gasteiger partial charge in [-0.05, 0) is 43.2 Å². The average Bonchev–Trinajstić information content (AvgIpc) is 3.37. The molecule has 2 aromatic heterocycles. The Balaban J connectivity index is 1.66. The number of ether oxygens (including phenoxy) is 3. The third-order valence-corrected chi connectivity index (χ3v) is 5.02. The molecule has 1 aliphatic rings. The number of benzene rings is 1. The number of halogens is 1. The molecule has 180 valence electrons. The maximum atomic E-state index is 14.3. The van der Waals surface area contributed by atoms with Crippen molar-refractivity contribution in [2.24, 2.45) is 0 Å². The molecule has 0 amide bonds. The average molecular weight is 483 g/mol. The van der Waals surface area contributed by atoms with Crippen LogP contribution >= 0.6 is 0 Å². The van der Waals surface area contributed by atoms with Crippen molar-refractivity contribution in [3.63, 3.8) is 0 Å². The molecule has 1 saturated heterocycles. The first kappa shape index (κ1) is 23.7. The Morgan fingerprint density at radius 1 is 1.11 bits per heavy atom. The van der Waals surface area contributed by atoms with Crippen LogP contribution in [0.15, 0.2) is 58.4 Å².